The SMILES string of the molecule is CCOc1ccc(C(=O)NCC(=O)N/N=C\c2cccc(O)c2)cc1. The Kier molecular flexibility index (Phi) is 6.53. The first-order valence-corrected chi connectivity index (χ1v) is 7.70. The van der Waals surface area contributed by atoms with Gasteiger partial charge in [-0.1, -0.05) is 12.1 Å². The second kappa shape index (κ2) is 9.07. The minimum Gasteiger partial charge on any atom is -0.508 e. The Morgan fingerprint density at radius 3 is 2.64 bits per heavy atom. The second-order valence-electron chi connectivity index (χ2n) is 5.03. The third kappa shape index (κ3) is 5.98. The Morgan fingerprint density at radius 1 is 1.20 bits per heavy atom. The maximum Gasteiger partial charge on any atom is 0.259 e. The van der Waals surface area contributed by atoms with Crippen molar-refractivity contribution in [1.29, 1.82) is 0 Å². The van der Waals surface area contributed by atoms with E-state index in [9.17, 15) is 14.7 Å². The van der Waals surface area contributed by atoms with Crippen molar-refractivity contribution < 1.29 is 19.4 Å². The summed E-state index contributed by atoms with van der Waals surface area (Å²) in [5.41, 5.74) is 3.37. The molecule has 3 N–H and O–H groups in total. The van der Waals surface area contributed by atoms with E-state index in [2.05, 4.69) is 15.8 Å². The number of aromatic hydroxyl groups is 1. The smallest absolute Gasteiger partial charge is 0.259 e. The maximum atomic E-state index is 12.0. The highest BCUT2D eigenvalue weighted by Gasteiger charge is 2.07. The van der Waals surface area contributed by atoms with Gasteiger partial charge in [-0.2, -0.15) is 5.10 Å². The van der Waals surface area contributed by atoms with E-state index in [1.54, 1.807) is 36.4 Å². The van der Waals surface area contributed by atoms with Crippen molar-refractivity contribution in [3.05, 3.63) is 59.7 Å². The number of amides is 2. The molecular formula is C18H19N3O4. The number of carbonyl (C=O) groups is 2. The van der Waals surface area contributed by atoms with Gasteiger partial charge in [-0.25, -0.2) is 5.43 Å². The number of hydrogen-bond donors (Lipinski definition) is 3. The molecule has 2 rings (SSSR count). The van der Waals surface area contributed by atoms with Gasteiger partial charge in [0.15, 0.2) is 0 Å². The van der Waals surface area contributed by atoms with Gasteiger partial charge in [0, 0.05) is 5.56 Å². The van der Waals surface area contributed by atoms with Crippen molar-refractivity contribution in [2.45, 2.75) is 6.92 Å². The molecule has 0 fully saturated rings. The minimum absolute atomic E-state index is 0.109. The Morgan fingerprint density at radius 2 is 1.96 bits per heavy atom. The third-order valence-electron chi connectivity index (χ3n) is 3.11. The molecule has 7 nitrogen and oxygen atoms in total. The second-order valence-corrected chi connectivity index (χ2v) is 5.03. The van der Waals surface area contributed by atoms with Gasteiger partial charge in [0.2, 0.25) is 0 Å². The van der Waals surface area contributed by atoms with Crippen LogP contribution < -0.4 is 15.5 Å². The van der Waals surface area contributed by atoms with Crippen LogP contribution in [0.25, 0.3) is 0 Å². The number of nitrogens with zero attached hydrogens (tertiary/aromatic N) is 1. The summed E-state index contributed by atoms with van der Waals surface area (Å²) in [7, 11) is 0. The number of phenols is 1. The minimum atomic E-state index is -0.462. The highest BCUT2D eigenvalue weighted by molar-refractivity contribution is 5.96. The summed E-state index contributed by atoms with van der Waals surface area (Å²) in [6.07, 6.45) is 1.39. The largest absolute Gasteiger partial charge is 0.508 e. The summed E-state index contributed by atoms with van der Waals surface area (Å²) >= 11 is 0. The van der Waals surface area contributed by atoms with Crippen LogP contribution in [0.15, 0.2) is 53.6 Å². The van der Waals surface area contributed by atoms with E-state index in [1.807, 2.05) is 6.92 Å². The molecule has 25 heavy (non-hydrogen) atoms. The molecule has 0 aromatic heterocycles. The molecule has 0 aliphatic heterocycles. The fourth-order valence-corrected chi connectivity index (χ4v) is 1.96. The number of phenolic OH excluding ortho intramolecular Hbond substituents is 1. The fourth-order valence-electron chi connectivity index (χ4n) is 1.96. The number of carbonyl (C=O) groups excluding carboxylic acids is 2. The van der Waals surface area contributed by atoms with Gasteiger partial charge in [0.1, 0.15) is 11.5 Å². The van der Waals surface area contributed by atoms with Gasteiger partial charge in [-0.15, -0.1) is 0 Å². The Bertz CT molecular complexity index is 757. The van der Waals surface area contributed by atoms with Crippen LogP contribution in [0.4, 0.5) is 0 Å². The van der Waals surface area contributed by atoms with Crippen molar-refractivity contribution >= 4 is 18.0 Å². The van der Waals surface area contributed by atoms with Crippen LogP contribution in [-0.2, 0) is 4.79 Å². The predicted octanol–water partition coefficient (Wildman–Crippen LogP) is 1.67. The molecule has 0 saturated carbocycles. The van der Waals surface area contributed by atoms with E-state index in [0.29, 0.717) is 23.5 Å². The molecule has 0 spiro atoms. The van der Waals surface area contributed by atoms with E-state index in [1.165, 1.54) is 18.3 Å². The lowest BCUT2D eigenvalue weighted by Gasteiger charge is -2.06. The molecule has 2 amide bonds. The van der Waals surface area contributed by atoms with Gasteiger partial charge in [0.05, 0.1) is 19.4 Å². The molecule has 0 heterocycles. The van der Waals surface area contributed by atoms with Crippen molar-refractivity contribution in [2.24, 2.45) is 5.10 Å². The van der Waals surface area contributed by atoms with E-state index in [0.717, 1.165) is 0 Å². The summed E-state index contributed by atoms with van der Waals surface area (Å²) in [6.45, 7) is 2.22. The number of rotatable bonds is 7. The predicted molar refractivity (Wildman–Crippen MR) is 93.8 cm³/mol. The van der Waals surface area contributed by atoms with Gasteiger partial charge in [-0.05, 0) is 48.9 Å². The number of hydrogen-bond acceptors (Lipinski definition) is 5. The van der Waals surface area contributed by atoms with Crippen LogP contribution in [0, 0.1) is 0 Å². The van der Waals surface area contributed by atoms with Crippen LogP contribution in [0.5, 0.6) is 11.5 Å². The summed E-state index contributed by atoms with van der Waals surface area (Å²) in [5.74, 6) is -0.0400. The molecule has 0 unspecified atom stereocenters. The van der Waals surface area contributed by atoms with Gasteiger partial charge in [0.25, 0.3) is 11.8 Å². The normalized spacial score (nSPS) is 10.4. The number of ether oxygens (including phenoxy) is 1. The standard InChI is InChI=1S/C18H19N3O4/c1-2-25-16-8-6-14(7-9-16)18(24)19-12-17(23)21-20-11-13-4-3-5-15(22)10-13/h3-11,22H,2,12H2,1H3,(H,19,24)(H,21,23)/b20-11-. The van der Waals surface area contributed by atoms with Crippen LogP contribution in [0.1, 0.15) is 22.8 Å². The highest BCUT2D eigenvalue weighted by atomic mass is 16.5. The lowest BCUT2D eigenvalue weighted by atomic mass is 10.2. The molecule has 0 atom stereocenters. The lowest BCUT2D eigenvalue weighted by molar-refractivity contribution is -0.120. The third-order valence-corrected chi connectivity index (χ3v) is 3.11. The molecule has 2 aromatic rings. The van der Waals surface area contributed by atoms with Gasteiger partial charge in [-0.3, -0.25) is 9.59 Å². The molecule has 0 radical (unpaired) electrons. The van der Waals surface area contributed by atoms with E-state index >= 15 is 0 Å². The monoisotopic (exact) mass is 341 g/mol. The molecule has 0 bridgehead atoms. The Hall–Kier alpha value is -3.35. The summed E-state index contributed by atoms with van der Waals surface area (Å²) in [6, 6.07) is 13.1. The highest BCUT2D eigenvalue weighted by Crippen LogP contribution is 2.12. The zero-order chi connectivity index (χ0) is 18.1. The zero-order valence-electron chi connectivity index (χ0n) is 13.7. The molecule has 7 heteroatoms. The molecule has 0 saturated heterocycles. The number of nitrogens with one attached hydrogen (secondary N) is 2. The van der Waals surface area contributed by atoms with E-state index < -0.39 is 5.91 Å². The van der Waals surface area contributed by atoms with Crippen molar-refractivity contribution in [3.8, 4) is 11.5 Å². The lowest BCUT2D eigenvalue weighted by Crippen LogP contribution is -2.34. The maximum absolute atomic E-state index is 12.0. The molecule has 130 valence electrons. The van der Waals surface area contributed by atoms with E-state index in [4.69, 9.17) is 4.74 Å². The topological polar surface area (TPSA) is 100 Å². The molecular weight excluding hydrogens is 322 g/mol. The van der Waals surface area contributed by atoms with Crippen molar-refractivity contribution in [3.63, 3.8) is 0 Å². The fraction of sp³-hybridized carbons (Fsp3) is 0.167. The van der Waals surface area contributed by atoms with Crippen LogP contribution in [0.3, 0.4) is 0 Å². The summed E-state index contributed by atoms with van der Waals surface area (Å²) in [4.78, 5) is 23.6. The Balaban J connectivity index is 1.78. The first kappa shape index (κ1) is 18.0. The van der Waals surface area contributed by atoms with Crippen LogP contribution in [-0.4, -0.2) is 36.3 Å². The van der Waals surface area contributed by atoms with E-state index in [-0.39, 0.29) is 18.2 Å². The number of benzene rings is 2. The zero-order valence-corrected chi connectivity index (χ0v) is 13.7. The molecule has 0 aliphatic rings. The molecule has 2 aromatic carbocycles. The van der Waals surface area contributed by atoms with Crippen molar-refractivity contribution in [1.82, 2.24) is 10.7 Å². The first-order chi connectivity index (χ1) is 12.1. The first-order valence-electron chi connectivity index (χ1n) is 7.70. The Labute approximate surface area is 145 Å². The van der Waals surface area contributed by atoms with Crippen LogP contribution >= 0.6 is 0 Å². The molecule has 0 aliphatic carbocycles. The summed E-state index contributed by atoms with van der Waals surface area (Å²) < 4.78 is 5.30. The summed E-state index contributed by atoms with van der Waals surface area (Å²) in [5, 5.41) is 15.6. The average molecular weight is 341 g/mol. The average Bonchev–Trinajstić information content (AvgIpc) is 2.61. The van der Waals surface area contributed by atoms with Gasteiger partial charge < -0.3 is 15.2 Å². The van der Waals surface area contributed by atoms with Gasteiger partial charge >= 0.3 is 0 Å². The van der Waals surface area contributed by atoms with Crippen LogP contribution in [0.2, 0.25) is 0 Å². The quantitative estimate of drug-likeness (QED) is 0.527. The van der Waals surface area contributed by atoms with Crippen molar-refractivity contribution in [2.75, 3.05) is 13.2 Å². The number of hydrazone groups is 1.